The maximum atomic E-state index is 13.7. The van der Waals surface area contributed by atoms with Crippen molar-refractivity contribution in [2.45, 2.75) is 64.3 Å². The van der Waals surface area contributed by atoms with Crippen LogP contribution in [-0.4, -0.2) is 82.2 Å². The standard InChI is InChI=1S/C28H42F2N6OS.CH5N/c1-18(25-17-33-28(38-25)35(3)4)14-20-6-5-11-36(24(20)15-19(2)26(29)30)27(31)22-16-32-10-7-23(22)34-21-8-12-37-13-9-21;1-2/h14-15,17-19,21,26,31-32,34H,5-13,16H2,1-4H3;2H2,1H3/b20-14-,24-15+,31-27?;. The Morgan fingerprint density at radius 2 is 1.98 bits per heavy atom. The number of piperidine rings is 1. The van der Waals surface area contributed by atoms with Gasteiger partial charge >= 0.3 is 0 Å². The van der Waals surface area contributed by atoms with Crippen LogP contribution in [0.15, 0.2) is 40.9 Å². The van der Waals surface area contributed by atoms with Gasteiger partial charge in [0.15, 0.2) is 5.13 Å². The van der Waals surface area contributed by atoms with Gasteiger partial charge in [0.2, 0.25) is 6.43 Å². The summed E-state index contributed by atoms with van der Waals surface area (Å²) in [5, 5.41) is 17.4. The fourth-order valence-corrected chi connectivity index (χ4v) is 6.03. The summed E-state index contributed by atoms with van der Waals surface area (Å²) in [6.07, 6.45) is 7.73. The van der Waals surface area contributed by atoms with Gasteiger partial charge < -0.3 is 30.9 Å². The van der Waals surface area contributed by atoms with Crippen LogP contribution in [0.1, 0.15) is 56.7 Å². The molecule has 1 aromatic heterocycles. The van der Waals surface area contributed by atoms with Crippen LogP contribution in [0.5, 0.6) is 0 Å². The fraction of sp³-hybridized carbons (Fsp3) is 0.655. The number of rotatable bonds is 8. The second-order valence-electron chi connectivity index (χ2n) is 10.7. The Morgan fingerprint density at radius 3 is 2.62 bits per heavy atom. The lowest BCUT2D eigenvalue weighted by molar-refractivity contribution is 0.0800. The van der Waals surface area contributed by atoms with Crippen molar-refractivity contribution in [3.05, 3.63) is 45.8 Å². The Labute approximate surface area is 242 Å². The molecule has 0 radical (unpaired) electrons. The first kappa shape index (κ1) is 32.2. The first-order valence-electron chi connectivity index (χ1n) is 14.3. The maximum Gasteiger partial charge on any atom is 0.244 e. The first-order chi connectivity index (χ1) is 19.2. The molecule has 1 aromatic rings. The van der Waals surface area contributed by atoms with Crippen molar-refractivity contribution in [3.63, 3.8) is 0 Å². The summed E-state index contributed by atoms with van der Waals surface area (Å²) in [5.74, 6) is -0.401. The molecule has 224 valence electrons. The lowest BCUT2D eigenvalue weighted by atomic mass is 9.92. The fourth-order valence-electron chi connectivity index (χ4n) is 5.17. The number of likely N-dealkylation sites (tertiary alicyclic amines) is 1. The molecule has 11 heteroatoms. The number of nitrogens with zero attached hydrogens (tertiary/aromatic N) is 3. The third kappa shape index (κ3) is 8.34. The molecule has 4 rings (SSSR count). The number of amidine groups is 1. The smallest absolute Gasteiger partial charge is 0.244 e. The average molecular weight is 580 g/mol. The van der Waals surface area contributed by atoms with Gasteiger partial charge in [-0.3, -0.25) is 5.41 Å². The Balaban J connectivity index is 0.00000216. The van der Waals surface area contributed by atoms with Gasteiger partial charge in [-0.2, -0.15) is 0 Å². The molecule has 0 saturated carbocycles. The van der Waals surface area contributed by atoms with Crippen molar-refractivity contribution in [1.29, 1.82) is 5.41 Å². The van der Waals surface area contributed by atoms with Crippen LogP contribution in [0.3, 0.4) is 0 Å². The van der Waals surface area contributed by atoms with Crippen LogP contribution in [0.4, 0.5) is 13.9 Å². The summed E-state index contributed by atoms with van der Waals surface area (Å²) < 4.78 is 33.0. The average Bonchev–Trinajstić information content (AvgIpc) is 3.47. The monoisotopic (exact) mass is 579 g/mol. The molecule has 2 fully saturated rings. The van der Waals surface area contributed by atoms with E-state index in [1.807, 2.05) is 30.1 Å². The van der Waals surface area contributed by atoms with E-state index in [1.165, 1.54) is 7.05 Å². The van der Waals surface area contributed by atoms with Crippen molar-refractivity contribution in [2.75, 3.05) is 58.9 Å². The number of aromatic nitrogens is 1. The number of nitrogens with one attached hydrogen (secondary N) is 3. The highest BCUT2D eigenvalue weighted by atomic mass is 32.1. The number of ether oxygens (including phenoxy) is 1. The molecule has 2 saturated heterocycles. The highest BCUT2D eigenvalue weighted by Gasteiger charge is 2.30. The molecule has 5 N–H and O–H groups in total. The number of halogens is 2. The number of thiazole rings is 1. The summed E-state index contributed by atoms with van der Waals surface area (Å²) in [6, 6.07) is 0.345. The zero-order chi connectivity index (χ0) is 29.2. The zero-order valence-corrected chi connectivity index (χ0v) is 25.4. The van der Waals surface area contributed by atoms with Gasteiger partial charge in [-0.05, 0) is 38.3 Å². The first-order valence-corrected chi connectivity index (χ1v) is 15.1. The third-order valence-electron chi connectivity index (χ3n) is 7.43. The zero-order valence-electron chi connectivity index (χ0n) is 24.6. The van der Waals surface area contributed by atoms with Gasteiger partial charge in [-0.1, -0.05) is 26.0 Å². The quantitative estimate of drug-likeness (QED) is 0.262. The van der Waals surface area contributed by atoms with E-state index in [1.54, 1.807) is 24.3 Å². The van der Waals surface area contributed by atoms with Crippen molar-refractivity contribution in [2.24, 2.45) is 11.7 Å². The summed E-state index contributed by atoms with van der Waals surface area (Å²) in [5.41, 5.74) is 8.32. The topological polar surface area (TPSA) is 103 Å². The van der Waals surface area contributed by atoms with E-state index >= 15 is 0 Å². The van der Waals surface area contributed by atoms with Crippen molar-refractivity contribution in [1.82, 2.24) is 20.5 Å². The Morgan fingerprint density at radius 1 is 1.25 bits per heavy atom. The minimum Gasteiger partial charge on any atom is -0.385 e. The van der Waals surface area contributed by atoms with Crippen molar-refractivity contribution >= 4 is 22.3 Å². The number of allylic oxidation sites excluding steroid dienone is 3. The van der Waals surface area contributed by atoms with Crippen LogP contribution in [0.2, 0.25) is 0 Å². The molecule has 0 aliphatic carbocycles. The van der Waals surface area contributed by atoms with Crippen LogP contribution in [0.25, 0.3) is 0 Å². The molecule has 40 heavy (non-hydrogen) atoms. The van der Waals surface area contributed by atoms with Crippen LogP contribution >= 0.6 is 11.3 Å². The predicted octanol–water partition coefficient (Wildman–Crippen LogP) is 4.69. The normalized spacial score (nSPS) is 22.3. The molecule has 0 amide bonds. The summed E-state index contributed by atoms with van der Waals surface area (Å²) in [7, 11) is 5.45. The van der Waals surface area contributed by atoms with Gasteiger partial charge in [-0.15, -0.1) is 11.3 Å². The van der Waals surface area contributed by atoms with E-state index < -0.39 is 12.3 Å². The number of anilines is 1. The summed E-state index contributed by atoms with van der Waals surface area (Å²) in [6.45, 7) is 7.29. The Hall–Kier alpha value is -2.34. The molecule has 0 bridgehead atoms. The van der Waals surface area contributed by atoms with Gasteiger partial charge in [0.1, 0.15) is 5.84 Å². The largest absolute Gasteiger partial charge is 0.385 e. The van der Waals surface area contributed by atoms with Crippen molar-refractivity contribution in [3.8, 4) is 0 Å². The number of nitrogens with two attached hydrogens (primary N) is 1. The minimum absolute atomic E-state index is 0.0944. The predicted molar refractivity (Wildman–Crippen MR) is 161 cm³/mol. The van der Waals surface area contributed by atoms with Gasteiger partial charge in [0.25, 0.3) is 0 Å². The molecule has 3 aliphatic rings. The maximum absolute atomic E-state index is 13.7. The van der Waals surface area contributed by atoms with Gasteiger partial charge in [0.05, 0.1) is 0 Å². The molecule has 0 aromatic carbocycles. The number of hydrogen-bond acceptors (Lipinski definition) is 8. The summed E-state index contributed by atoms with van der Waals surface area (Å²) >= 11 is 1.65. The van der Waals surface area contributed by atoms with Crippen LogP contribution in [0, 0.1) is 11.3 Å². The van der Waals surface area contributed by atoms with Crippen molar-refractivity contribution < 1.29 is 13.5 Å². The molecule has 2 atom stereocenters. The summed E-state index contributed by atoms with van der Waals surface area (Å²) in [4.78, 5) is 9.60. The highest BCUT2D eigenvalue weighted by Crippen LogP contribution is 2.35. The SMILES string of the molecule is CC(/C=C1/CCCN(C(=N)C2=C(NC3CCOCC3)CCNC2)/C1=C/C(C)C(F)F)c1cnc(N(C)C)s1.CN. The van der Waals surface area contributed by atoms with Gasteiger partial charge in [0, 0.05) is 99.3 Å². The Kier molecular flexibility index (Phi) is 12.6. The van der Waals surface area contributed by atoms with E-state index in [2.05, 4.69) is 34.4 Å². The number of alkyl halides is 2. The van der Waals surface area contributed by atoms with Crippen LogP contribution < -0.4 is 21.3 Å². The minimum atomic E-state index is -2.45. The second kappa shape index (κ2) is 15.6. The molecular formula is C29H47F2N7OS. The highest BCUT2D eigenvalue weighted by molar-refractivity contribution is 7.15. The van der Waals surface area contributed by atoms with E-state index in [-0.39, 0.29) is 5.92 Å². The molecule has 0 spiro atoms. The lowest BCUT2D eigenvalue weighted by Crippen LogP contribution is -2.44. The molecule has 3 aliphatic heterocycles. The number of hydrogen-bond donors (Lipinski definition) is 4. The molecular weight excluding hydrogens is 532 g/mol. The van der Waals surface area contributed by atoms with E-state index in [0.717, 1.165) is 84.4 Å². The van der Waals surface area contributed by atoms with E-state index in [9.17, 15) is 14.2 Å². The van der Waals surface area contributed by atoms with Crippen LogP contribution in [-0.2, 0) is 4.74 Å². The Bertz CT molecular complexity index is 1060. The van der Waals surface area contributed by atoms with Gasteiger partial charge in [-0.25, -0.2) is 13.8 Å². The molecule has 4 heterocycles. The second-order valence-corrected chi connectivity index (χ2v) is 11.7. The molecule has 8 nitrogen and oxygen atoms in total. The lowest BCUT2D eigenvalue weighted by Gasteiger charge is -2.37. The third-order valence-corrected chi connectivity index (χ3v) is 8.80. The van der Waals surface area contributed by atoms with E-state index in [4.69, 9.17) is 4.74 Å². The molecule has 2 unspecified atom stereocenters. The van der Waals surface area contributed by atoms with E-state index in [0.29, 0.717) is 25.0 Å².